The van der Waals surface area contributed by atoms with Gasteiger partial charge in [0, 0.05) is 11.4 Å². The number of aromatic nitrogens is 2. The van der Waals surface area contributed by atoms with E-state index in [1.165, 1.54) is 22.2 Å². The van der Waals surface area contributed by atoms with Crippen LogP contribution in [0.5, 0.6) is 0 Å². The highest BCUT2D eigenvalue weighted by molar-refractivity contribution is 7.18. The maximum atomic E-state index is 12.5. The molecule has 1 N–H and O–H groups in total. The van der Waals surface area contributed by atoms with Gasteiger partial charge < -0.3 is 10.1 Å². The minimum atomic E-state index is -0.669. The van der Waals surface area contributed by atoms with Crippen LogP contribution in [0.25, 0.3) is 10.2 Å². The topological polar surface area (TPSA) is 90.3 Å². The molecule has 0 saturated carbocycles. The molecule has 1 amide bonds. The highest BCUT2D eigenvalue weighted by atomic mass is 32.1. The SMILES string of the molecule is Cc1sc2ncn(CC(=O)OCC(=O)NCc3ccccc3)c(=O)c2c1C. The zero-order chi connectivity index (χ0) is 19.4. The van der Waals surface area contributed by atoms with Gasteiger partial charge >= 0.3 is 5.97 Å². The van der Waals surface area contributed by atoms with Gasteiger partial charge in [0.05, 0.1) is 11.7 Å². The van der Waals surface area contributed by atoms with Gasteiger partial charge in [-0.05, 0) is 25.0 Å². The number of benzene rings is 1. The average molecular weight is 385 g/mol. The number of carbonyl (C=O) groups is 2. The van der Waals surface area contributed by atoms with Crippen LogP contribution in [0, 0.1) is 13.8 Å². The summed E-state index contributed by atoms with van der Waals surface area (Å²) in [4.78, 5) is 42.2. The fourth-order valence-electron chi connectivity index (χ4n) is 2.56. The Bertz CT molecular complexity index is 1040. The number of hydrogen-bond donors (Lipinski definition) is 1. The molecular weight excluding hydrogens is 366 g/mol. The normalized spacial score (nSPS) is 10.7. The summed E-state index contributed by atoms with van der Waals surface area (Å²) >= 11 is 1.44. The number of esters is 1. The lowest BCUT2D eigenvalue weighted by molar-refractivity contribution is -0.149. The van der Waals surface area contributed by atoms with E-state index in [1.54, 1.807) is 0 Å². The van der Waals surface area contributed by atoms with Gasteiger partial charge in [0.1, 0.15) is 11.4 Å². The van der Waals surface area contributed by atoms with E-state index in [1.807, 2.05) is 44.2 Å². The van der Waals surface area contributed by atoms with Crippen molar-refractivity contribution < 1.29 is 14.3 Å². The van der Waals surface area contributed by atoms with Crippen LogP contribution in [-0.4, -0.2) is 28.0 Å². The zero-order valence-electron chi connectivity index (χ0n) is 15.0. The third-order valence-electron chi connectivity index (χ3n) is 4.15. The Morgan fingerprint density at radius 3 is 2.70 bits per heavy atom. The van der Waals surface area contributed by atoms with Gasteiger partial charge in [0.25, 0.3) is 11.5 Å². The van der Waals surface area contributed by atoms with Gasteiger partial charge in [0.2, 0.25) is 0 Å². The number of nitrogens with one attached hydrogen (secondary N) is 1. The second-order valence-corrected chi connectivity index (χ2v) is 7.27. The van der Waals surface area contributed by atoms with E-state index in [4.69, 9.17) is 4.74 Å². The van der Waals surface area contributed by atoms with E-state index in [0.717, 1.165) is 16.0 Å². The summed E-state index contributed by atoms with van der Waals surface area (Å²) in [6.45, 7) is 3.45. The lowest BCUT2D eigenvalue weighted by Gasteiger charge is -2.08. The second kappa shape index (κ2) is 8.13. The summed E-state index contributed by atoms with van der Waals surface area (Å²) in [6.07, 6.45) is 1.33. The molecule has 3 aromatic rings. The first kappa shape index (κ1) is 18.8. The molecule has 0 aliphatic carbocycles. The molecule has 0 aliphatic heterocycles. The Morgan fingerprint density at radius 1 is 1.22 bits per heavy atom. The van der Waals surface area contributed by atoms with Crippen LogP contribution in [-0.2, 0) is 27.4 Å². The van der Waals surface area contributed by atoms with E-state index in [-0.39, 0.29) is 12.1 Å². The number of rotatable bonds is 6. The molecule has 0 atom stereocenters. The smallest absolute Gasteiger partial charge is 0.326 e. The molecule has 0 fully saturated rings. The van der Waals surface area contributed by atoms with Gasteiger partial charge in [-0.25, -0.2) is 4.98 Å². The molecule has 2 heterocycles. The van der Waals surface area contributed by atoms with Crippen molar-refractivity contribution in [3.63, 3.8) is 0 Å². The monoisotopic (exact) mass is 385 g/mol. The maximum Gasteiger partial charge on any atom is 0.326 e. The van der Waals surface area contributed by atoms with Gasteiger partial charge in [-0.15, -0.1) is 11.3 Å². The molecule has 0 bridgehead atoms. The van der Waals surface area contributed by atoms with Crippen molar-refractivity contribution in [3.05, 3.63) is 63.0 Å². The standard InChI is InChI=1S/C19H19N3O4S/c1-12-13(2)27-18-17(12)19(25)22(11-21-18)9-16(24)26-10-15(23)20-8-14-6-4-3-5-7-14/h3-7,11H,8-10H2,1-2H3,(H,20,23). The molecule has 140 valence electrons. The fraction of sp³-hybridized carbons (Fsp3) is 0.263. The Kier molecular flexibility index (Phi) is 5.66. The summed E-state index contributed by atoms with van der Waals surface area (Å²) in [7, 11) is 0. The molecule has 8 heteroatoms. The van der Waals surface area contributed by atoms with E-state index in [0.29, 0.717) is 16.8 Å². The third kappa shape index (κ3) is 4.40. The first-order valence-electron chi connectivity index (χ1n) is 8.37. The summed E-state index contributed by atoms with van der Waals surface area (Å²) < 4.78 is 6.16. The lowest BCUT2D eigenvalue weighted by atomic mass is 10.2. The van der Waals surface area contributed by atoms with E-state index in [2.05, 4.69) is 10.3 Å². The van der Waals surface area contributed by atoms with Gasteiger partial charge in [-0.2, -0.15) is 0 Å². The summed E-state index contributed by atoms with van der Waals surface area (Å²) in [5.41, 5.74) is 1.53. The molecule has 0 radical (unpaired) electrons. The van der Waals surface area contributed by atoms with Gasteiger partial charge in [0.15, 0.2) is 6.61 Å². The van der Waals surface area contributed by atoms with Crippen LogP contribution in [0.2, 0.25) is 0 Å². The summed E-state index contributed by atoms with van der Waals surface area (Å²) in [6, 6.07) is 9.41. The molecule has 27 heavy (non-hydrogen) atoms. The Hall–Kier alpha value is -3.00. The average Bonchev–Trinajstić information content (AvgIpc) is 2.96. The van der Waals surface area contributed by atoms with Crippen molar-refractivity contribution in [2.75, 3.05) is 6.61 Å². The van der Waals surface area contributed by atoms with Crippen LogP contribution in [0.15, 0.2) is 41.5 Å². The minimum absolute atomic E-state index is 0.285. The van der Waals surface area contributed by atoms with E-state index >= 15 is 0 Å². The van der Waals surface area contributed by atoms with Crippen molar-refractivity contribution in [3.8, 4) is 0 Å². The number of hydrogen-bond acceptors (Lipinski definition) is 6. The van der Waals surface area contributed by atoms with Crippen molar-refractivity contribution in [1.29, 1.82) is 0 Å². The number of aryl methyl sites for hydroxylation is 2. The maximum absolute atomic E-state index is 12.5. The first-order valence-corrected chi connectivity index (χ1v) is 9.18. The second-order valence-electron chi connectivity index (χ2n) is 6.06. The summed E-state index contributed by atoms with van der Waals surface area (Å²) in [5, 5.41) is 3.19. The number of ether oxygens (including phenoxy) is 1. The minimum Gasteiger partial charge on any atom is -0.454 e. The molecular formula is C19H19N3O4S. The molecule has 0 saturated heterocycles. The molecule has 1 aromatic carbocycles. The Morgan fingerprint density at radius 2 is 1.96 bits per heavy atom. The predicted octanol–water partition coefficient (Wildman–Crippen LogP) is 1.93. The first-order chi connectivity index (χ1) is 13.0. The van der Waals surface area contributed by atoms with Crippen molar-refractivity contribution in [1.82, 2.24) is 14.9 Å². The fourth-order valence-corrected chi connectivity index (χ4v) is 3.55. The van der Waals surface area contributed by atoms with Crippen LogP contribution >= 0.6 is 11.3 Å². The highest BCUT2D eigenvalue weighted by Gasteiger charge is 2.15. The van der Waals surface area contributed by atoms with E-state index in [9.17, 15) is 14.4 Å². The van der Waals surface area contributed by atoms with Crippen LogP contribution in [0.4, 0.5) is 0 Å². The third-order valence-corrected chi connectivity index (χ3v) is 5.27. The van der Waals surface area contributed by atoms with E-state index < -0.39 is 18.5 Å². The van der Waals surface area contributed by atoms with Crippen LogP contribution in [0.3, 0.4) is 0 Å². The number of nitrogens with zero attached hydrogens (tertiary/aromatic N) is 2. The Balaban J connectivity index is 1.55. The molecule has 7 nitrogen and oxygen atoms in total. The number of fused-ring (bicyclic) bond motifs is 1. The van der Waals surface area contributed by atoms with Crippen molar-refractivity contribution in [2.24, 2.45) is 0 Å². The van der Waals surface area contributed by atoms with Gasteiger partial charge in [-0.1, -0.05) is 30.3 Å². The van der Waals surface area contributed by atoms with Gasteiger partial charge in [-0.3, -0.25) is 19.0 Å². The molecule has 2 aromatic heterocycles. The van der Waals surface area contributed by atoms with Crippen LogP contribution < -0.4 is 10.9 Å². The number of amides is 1. The van der Waals surface area contributed by atoms with Crippen LogP contribution in [0.1, 0.15) is 16.0 Å². The largest absolute Gasteiger partial charge is 0.454 e. The molecule has 0 spiro atoms. The van der Waals surface area contributed by atoms with Crippen molar-refractivity contribution in [2.45, 2.75) is 26.9 Å². The molecule has 0 aliphatic rings. The van der Waals surface area contributed by atoms with Crippen molar-refractivity contribution >= 4 is 33.4 Å². The summed E-state index contributed by atoms with van der Waals surface area (Å²) in [5.74, 6) is -1.07. The number of carbonyl (C=O) groups excluding carboxylic acids is 2. The zero-order valence-corrected chi connectivity index (χ0v) is 15.8. The lowest BCUT2D eigenvalue weighted by Crippen LogP contribution is -2.31. The number of thiophene rings is 1. The predicted molar refractivity (Wildman–Crippen MR) is 103 cm³/mol. The molecule has 3 rings (SSSR count). The Labute approximate surface area is 159 Å². The molecule has 0 unspecified atom stereocenters. The highest BCUT2D eigenvalue weighted by Crippen LogP contribution is 2.25. The quantitative estimate of drug-likeness (QED) is 0.655.